The van der Waals surface area contributed by atoms with Crippen LogP contribution in [0.15, 0.2) is 0 Å². The Balaban J connectivity index is 4.13. The van der Waals surface area contributed by atoms with E-state index in [9.17, 15) is 5.11 Å². The Morgan fingerprint density at radius 1 is 1.18 bits per heavy atom. The summed E-state index contributed by atoms with van der Waals surface area (Å²) in [4.78, 5) is 2.15. The minimum absolute atomic E-state index is 0.133. The number of aliphatic hydroxyl groups excluding tert-OH is 2. The maximum absolute atomic E-state index is 9.89. The lowest BCUT2D eigenvalue weighted by atomic mass is 10.1. The number of ether oxygens (including phenoxy) is 1. The molecule has 1 atom stereocenters. The van der Waals surface area contributed by atoms with Gasteiger partial charge in [0.05, 0.1) is 25.4 Å². The van der Waals surface area contributed by atoms with Gasteiger partial charge < -0.3 is 14.9 Å². The van der Waals surface area contributed by atoms with Gasteiger partial charge >= 0.3 is 0 Å². The van der Waals surface area contributed by atoms with Crippen molar-refractivity contribution in [3.63, 3.8) is 0 Å². The van der Waals surface area contributed by atoms with Crippen LogP contribution < -0.4 is 0 Å². The summed E-state index contributed by atoms with van der Waals surface area (Å²) in [5.74, 6) is 0. The summed E-state index contributed by atoms with van der Waals surface area (Å²) in [6.07, 6.45) is 1.73. The molecule has 0 saturated carbocycles. The van der Waals surface area contributed by atoms with Crippen LogP contribution in [-0.4, -0.2) is 59.7 Å². The van der Waals surface area contributed by atoms with Crippen LogP contribution in [0.2, 0.25) is 0 Å². The summed E-state index contributed by atoms with van der Waals surface area (Å²) in [5.41, 5.74) is 0. The lowest BCUT2D eigenvalue weighted by Gasteiger charge is -2.31. The van der Waals surface area contributed by atoms with E-state index in [1.54, 1.807) is 0 Å². The highest BCUT2D eigenvalue weighted by molar-refractivity contribution is 4.72. The first-order chi connectivity index (χ1) is 8.04. The summed E-state index contributed by atoms with van der Waals surface area (Å²) in [6.45, 7) is 9.86. The number of nitrogens with zero attached hydrogens (tertiary/aromatic N) is 1. The van der Waals surface area contributed by atoms with Crippen LogP contribution in [0.4, 0.5) is 0 Å². The van der Waals surface area contributed by atoms with Gasteiger partial charge in [0.25, 0.3) is 0 Å². The predicted octanol–water partition coefficient (Wildman–Crippen LogP) is 1.26. The second-order valence-corrected chi connectivity index (χ2v) is 4.72. The quantitative estimate of drug-likeness (QED) is 0.610. The van der Waals surface area contributed by atoms with E-state index in [1.807, 2.05) is 13.8 Å². The first kappa shape index (κ1) is 16.8. The van der Waals surface area contributed by atoms with Gasteiger partial charge in [-0.25, -0.2) is 0 Å². The van der Waals surface area contributed by atoms with Crippen molar-refractivity contribution in [2.45, 2.75) is 58.8 Å². The maximum Gasteiger partial charge on any atom is 0.0900 e. The largest absolute Gasteiger partial charge is 0.395 e. The molecule has 0 rings (SSSR count). The zero-order valence-corrected chi connectivity index (χ0v) is 11.7. The first-order valence-corrected chi connectivity index (χ1v) is 6.69. The highest BCUT2D eigenvalue weighted by Crippen LogP contribution is 2.09. The molecule has 2 N–H and O–H groups in total. The second-order valence-electron chi connectivity index (χ2n) is 4.72. The summed E-state index contributed by atoms with van der Waals surface area (Å²) in [5, 5.41) is 18.9. The van der Waals surface area contributed by atoms with E-state index in [-0.39, 0.29) is 12.7 Å². The van der Waals surface area contributed by atoms with Crippen LogP contribution in [0.3, 0.4) is 0 Å². The average Bonchev–Trinajstić information content (AvgIpc) is 2.28. The van der Waals surface area contributed by atoms with Crippen molar-refractivity contribution in [3.8, 4) is 0 Å². The van der Waals surface area contributed by atoms with Crippen molar-refractivity contribution < 1.29 is 14.9 Å². The van der Waals surface area contributed by atoms with Crippen molar-refractivity contribution in [1.29, 1.82) is 0 Å². The Morgan fingerprint density at radius 3 is 2.18 bits per heavy atom. The third kappa shape index (κ3) is 7.71. The molecule has 1 unspecified atom stereocenters. The van der Waals surface area contributed by atoms with Crippen LogP contribution in [0.25, 0.3) is 0 Å². The van der Waals surface area contributed by atoms with Gasteiger partial charge in [0, 0.05) is 19.1 Å². The van der Waals surface area contributed by atoms with Crippen LogP contribution >= 0.6 is 0 Å². The van der Waals surface area contributed by atoms with Gasteiger partial charge in [-0.15, -0.1) is 0 Å². The third-order valence-electron chi connectivity index (χ3n) is 2.91. The Labute approximate surface area is 106 Å². The Hall–Kier alpha value is -0.160. The molecule has 17 heavy (non-hydrogen) atoms. The molecule has 0 fully saturated rings. The molecule has 0 aromatic rings. The van der Waals surface area contributed by atoms with Crippen molar-refractivity contribution in [3.05, 3.63) is 0 Å². The highest BCUT2D eigenvalue weighted by Gasteiger charge is 2.18. The van der Waals surface area contributed by atoms with E-state index in [0.717, 1.165) is 12.8 Å². The minimum atomic E-state index is -0.482. The SMILES string of the molecule is CCC(CC)N(CCO)CC(O)COC(C)C. The molecule has 0 aliphatic heterocycles. The molecule has 0 bridgehead atoms. The number of hydrogen-bond donors (Lipinski definition) is 2. The zero-order chi connectivity index (χ0) is 13.3. The van der Waals surface area contributed by atoms with Gasteiger partial charge in [-0.3, -0.25) is 4.90 Å². The van der Waals surface area contributed by atoms with Gasteiger partial charge in [-0.1, -0.05) is 13.8 Å². The smallest absolute Gasteiger partial charge is 0.0900 e. The Kier molecular flexibility index (Phi) is 9.74. The molecule has 104 valence electrons. The third-order valence-corrected chi connectivity index (χ3v) is 2.91. The predicted molar refractivity (Wildman–Crippen MR) is 70.1 cm³/mol. The molecule has 0 saturated heterocycles. The van der Waals surface area contributed by atoms with E-state index < -0.39 is 6.10 Å². The van der Waals surface area contributed by atoms with E-state index >= 15 is 0 Å². The average molecular weight is 247 g/mol. The molecule has 0 spiro atoms. The van der Waals surface area contributed by atoms with Crippen molar-refractivity contribution in [1.82, 2.24) is 4.90 Å². The standard InChI is InChI=1S/C13H29NO3/c1-5-12(6-2)14(7-8-15)9-13(16)10-17-11(3)4/h11-13,15-16H,5-10H2,1-4H3. The summed E-state index contributed by atoms with van der Waals surface area (Å²) in [7, 11) is 0. The summed E-state index contributed by atoms with van der Waals surface area (Å²) < 4.78 is 5.39. The first-order valence-electron chi connectivity index (χ1n) is 6.69. The molecule has 0 aliphatic carbocycles. The fourth-order valence-electron chi connectivity index (χ4n) is 1.98. The van der Waals surface area contributed by atoms with Crippen molar-refractivity contribution in [2.24, 2.45) is 0 Å². The number of hydrogen-bond acceptors (Lipinski definition) is 4. The zero-order valence-electron chi connectivity index (χ0n) is 11.7. The number of rotatable bonds is 10. The van der Waals surface area contributed by atoms with Crippen LogP contribution in [-0.2, 0) is 4.74 Å². The van der Waals surface area contributed by atoms with E-state index in [2.05, 4.69) is 18.7 Å². The van der Waals surface area contributed by atoms with Gasteiger partial charge in [0.1, 0.15) is 0 Å². The Morgan fingerprint density at radius 2 is 1.76 bits per heavy atom. The van der Waals surface area contributed by atoms with Crippen LogP contribution in [0.1, 0.15) is 40.5 Å². The monoisotopic (exact) mass is 247 g/mol. The summed E-state index contributed by atoms with van der Waals surface area (Å²) >= 11 is 0. The highest BCUT2D eigenvalue weighted by atomic mass is 16.5. The van der Waals surface area contributed by atoms with Crippen molar-refractivity contribution in [2.75, 3.05) is 26.3 Å². The minimum Gasteiger partial charge on any atom is -0.395 e. The normalized spacial score (nSPS) is 13.9. The molecule has 4 nitrogen and oxygen atoms in total. The fraction of sp³-hybridized carbons (Fsp3) is 1.00. The molecule has 0 heterocycles. The van der Waals surface area contributed by atoms with Gasteiger partial charge in [-0.2, -0.15) is 0 Å². The van der Waals surface area contributed by atoms with Crippen LogP contribution in [0, 0.1) is 0 Å². The molecule has 4 heteroatoms. The van der Waals surface area contributed by atoms with Gasteiger partial charge in [0.2, 0.25) is 0 Å². The van der Waals surface area contributed by atoms with E-state index in [1.165, 1.54) is 0 Å². The molecule has 0 aromatic carbocycles. The molecular weight excluding hydrogens is 218 g/mol. The second kappa shape index (κ2) is 9.83. The molecule has 0 aliphatic rings. The van der Waals surface area contributed by atoms with Gasteiger partial charge in [-0.05, 0) is 26.7 Å². The van der Waals surface area contributed by atoms with Crippen molar-refractivity contribution >= 4 is 0 Å². The van der Waals surface area contributed by atoms with Gasteiger partial charge in [0.15, 0.2) is 0 Å². The lowest BCUT2D eigenvalue weighted by Crippen LogP contribution is -2.43. The summed E-state index contributed by atoms with van der Waals surface area (Å²) in [6, 6.07) is 0.427. The van der Waals surface area contributed by atoms with Crippen LogP contribution in [0.5, 0.6) is 0 Å². The topological polar surface area (TPSA) is 52.9 Å². The van der Waals surface area contributed by atoms with E-state index in [4.69, 9.17) is 9.84 Å². The fourth-order valence-corrected chi connectivity index (χ4v) is 1.98. The molecular formula is C13H29NO3. The van der Waals surface area contributed by atoms with E-state index in [0.29, 0.717) is 25.7 Å². The Bertz CT molecular complexity index is 172. The lowest BCUT2D eigenvalue weighted by molar-refractivity contribution is -0.0170. The number of aliphatic hydroxyl groups is 2. The molecule has 0 radical (unpaired) electrons. The molecule has 0 aromatic heterocycles. The molecule has 0 amide bonds. The maximum atomic E-state index is 9.89.